The van der Waals surface area contributed by atoms with Crippen LogP contribution in [0.25, 0.3) is 10.8 Å². The van der Waals surface area contributed by atoms with Gasteiger partial charge in [-0.2, -0.15) is 0 Å². The predicted molar refractivity (Wildman–Crippen MR) is 120 cm³/mol. The molecule has 0 saturated carbocycles. The van der Waals surface area contributed by atoms with Gasteiger partial charge in [0.1, 0.15) is 0 Å². The van der Waals surface area contributed by atoms with E-state index in [9.17, 15) is 0 Å². The Morgan fingerprint density at radius 1 is 0.889 bits per heavy atom. The van der Waals surface area contributed by atoms with Crippen LogP contribution in [0.3, 0.4) is 0 Å². The summed E-state index contributed by atoms with van der Waals surface area (Å²) in [6.07, 6.45) is 12.2. The summed E-state index contributed by atoms with van der Waals surface area (Å²) in [4.78, 5) is 2.75. The van der Waals surface area contributed by atoms with Gasteiger partial charge in [-0.05, 0) is 49.9 Å². The lowest BCUT2D eigenvalue weighted by Crippen LogP contribution is -2.57. The number of hydrogen-bond donors (Lipinski definition) is 2. The Kier molecular flexibility index (Phi) is 6.23. The van der Waals surface area contributed by atoms with Crippen molar-refractivity contribution in [3.05, 3.63) is 36.4 Å². The van der Waals surface area contributed by atoms with E-state index in [-0.39, 0.29) is 0 Å². The molecule has 0 amide bonds. The second-order valence-electron chi connectivity index (χ2n) is 8.34. The Labute approximate surface area is 165 Å². The zero-order valence-electron chi connectivity index (χ0n) is 16.8. The van der Waals surface area contributed by atoms with Crippen LogP contribution in [0.4, 0.5) is 11.4 Å². The van der Waals surface area contributed by atoms with Crippen LogP contribution in [0.5, 0.6) is 0 Å². The van der Waals surface area contributed by atoms with Gasteiger partial charge in [0.15, 0.2) is 0 Å². The van der Waals surface area contributed by atoms with Gasteiger partial charge in [0.25, 0.3) is 0 Å². The molecule has 0 spiro atoms. The summed E-state index contributed by atoms with van der Waals surface area (Å²) < 4.78 is 0. The minimum absolute atomic E-state index is 0.301. The van der Waals surface area contributed by atoms with E-state index in [1.54, 1.807) is 0 Å². The van der Waals surface area contributed by atoms with Gasteiger partial charge in [0.05, 0.1) is 0 Å². The molecule has 2 N–H and O–H groups in total. The molecule has 2 heterocycles. The first kappa shape index (κ1) is 18.7. The molecule has 3 nitrogen and oxygen atoms in total. The average Bonchev–Trinajstić information content (AvgIpc) is 2.72. The van der Waals surface area contributed by atoms with Crippen LogP contribution in [-0.4, -0.2) is 30.9 Å². The van der Waals surface area contributed by atoms with Crippen LogP contribution in [0.2, 0.25) is 0 Å². The normalized spacial score (nSPS) is 18.2. The van der Waals surface area contributed by atoms with E-state index in [1.165, 1.54) is 93.0 Å². The minimum Gasteiger partial charge on any atom is -0.408 e. The molecule has 1 saturated heterocycles. The second kappa shape index (κ2) is 9.01. The highest BCUT2D eigenvalue weighted by Crippen LogP contribution is 2.35. The number of nitrogens with one attached hydrogen (secondary N) is 2. The van der Waals surface area contributed by atoms with Crippen molar-refractivity contribution >= 4 is 29.1 Å². The number of anilines is 2. The van der Waals surface area contributed by atoms with Gasteiger partial charge in [0.2, 0.25) is 0 Å². The van der Waals surface area contributed by atoms with Crippen LogP contribution in [0.15, 0.2) is 36.4 Å². The fourth-order valence-corrected chi connectivity index (χ4v) is 4.91. The molecule has 27 heavy (non-hydrogen) atoms. The number of piperidine rings is 1. The van der Waals surface area contributed by atoms with E-state index in [4.69, 9.17) is 0 Å². The summed E-state index contributed by atoms with van der Waals surface area (Å²) in [6, 6.07) is 13.3. The van der Waals surface area contributed by atoms with Crippen molar-refractivity contribution in [2.45, 2.75) is 70.7 Å². The number of unbranched alkanes of at least 4 members (excludes halogenated alkanes) is 4. The lowest BCUT2D eigenvalue weighted by Gasteiger charge is -2.40. The Morgan fingerprint density at radius 2 is 1.56 bits per heavy atom. The summed E-state index contributed by atoms with van der Waals surface area (Å²) in [5.74, 6) is 0.565. The number of benzene rings is 2. The summed E-state index contributed by atoms with van der Waals surface area (Å²) >= 11 is 0. The van der Waals surface area contributed by atoms with Crippen LogP contribution in [-0.2, 0) is 0 Å². The molecule has 0 bridgehead atoms. The molecule has 1 atom stereocenters. The number of nitrogens with zero attached hydrogens (tertiary/aromatic N) is 1. The van der Waals surface area contributed by atoms with Gasteiger partial charge < -0.3 is 15.4 Å². The first-order valence-electron chi connectivity index (χ1n) is 11.2. The van der Waals surface area contributed by atoms with Crippen molar-refractivity contribution in [2.24, 2.45) is 0 Å². The van der Waals surface area contributed by atoms with Gasteiger partial charge >= 0.3 is 6.98 Å². The fourth-order valence-electron chi connectivity index (χ4n) is 4.91. The molecule has 144 valence electrons. The molecule has 4 rings (SSSR count). The molecule has 2 aliphatic heterocycles. The number of hydrogen-bond acceptors (Lipinski definition) is 3. The second-order valence-corrected chi connectivity index (χ2v) is 8.34. The van der Waals surface area contributed by atoms with E-state index in [0.717, 1.165) is 0 Å². The fraction of sp³-hybridized carbons (Fsp3) is 0.565. The van der Waals surface area contributed by atoms with Gasteiger partial charge in [-0.3, -0.25) is 0 Å². The van der Waals surface area contributed by atoms with Crippen molar-refractivity contribution in [3.63, 3.8) is 0 Å². The SMILES string of the molecule is CCCCCCC[C@@H](B1Nc2cccc3cccc(c23)N1)N1CCCCC1. The molecule has 2 aromatic rings. The molecule has 0 aliphatic carbocycles. The van der Waals surface area contributed by atoms with E-state index >= 15 is 0 Å². The Morgan fingerprint density at radius 3 is 2.22 bits per heavy atom. The van der Waals surface area contributed by atoms with E-state index < -0.39 is 0 Å². The predicted octanol–water partition coefficient (Wildman–Crippen LogP) is 5.92. The van der Waals surface area contributed by atoms with Crippen molar-refractivity contribution in [1.82, 2.24) is 4.90 Å². The lowest BCUT2D eigenvalue weighted by molar-refractivity contribution is 0.196. The highest BCUT2D eigenvalue weighted by molar-refractivity contribution is 6.69. The maximum absolute atomic E-state index is 3.86. The minimum atomic E-state index is 0.301. The molecule has 0 radical (unpaired) electrons. The molecule has 1 fully saturated rings. The van der Waals surface area contributed by atoms with Crippen molar-refractivity contribution < 1.29 is 0 Å². The summed E-state index contributed by atoms with van der Waals surface area (Å²) in [6.45, 7) is 5.11. The summed E-state index contributed by atoms with van der Waals surface area (Å²) in [7, 11) is 0. The van der Waals surface area contributed by atoms with Gasteiger partial charge in [-0.15, -0.1) is 0 Å². The number of rotatable bonds is 8. The monoisotopic (exact) mass is 363 g/mol. The van der Waals surface area contributed by atoms with Crippen molar-refractivity contribution in [2.75, 3.05) is 23.5 Å². The van der Waals surface area contributed by atoms with Crippen molar-refractivity contribution in [1.29, 1.82) is 0 Å². The van der Waals surface area contributed by atoms with Crippen LogP contribution in [0.1, 0.15) is 64.7 Å². The Hall–Kier alpha value is -1.68. The Bertz CT molecular complexity index is 701. The molecule has 2 aromatic carbocycles. The topological polar surface area (TPSA) is 27.3 Å². The zero-order valence-corrected chi connectivity index (χ0v) is 16.8. The van der Waals surface area contributed by atoms with Gasteiger partial charge in [0, 0.05) is 22.7 Å². The maximum Gasteiger partial charge on any atom is 0.388 e. The van der Waals surface area contributed by atoms with Crippen LogP contribution < -0.4 is 10.5 Å². The standard InChI is InChI=1S/C23H34BN3/c1-2-3-4-5-7-16-22(27-17-8-6-9-18-27)24-25-20-14-10-12-19-13-11-15-21(26-24)23(19)20/h10-15,22,25-26H,2-9,16-18H2,1H3/t22-/m0/s1. The van der Waals surface area contributed by atoms with Gasteiger partial charge in [-0.25, -0.2) is 0 Å². The third-order valence-electron chi connectivity index (χ3n) is 6.37. The maximum atomic E-state index is 3.86. The third kappa shape index (κ3) is 4.26. The molecular formula is C23H34BN3. The smallest absolute Gasteiger partial charge is 0.388 e. The summed E-state index contributed by atoms with van der Waals surface area (Å²) in [5.41, 5.74) is 2.58. The quantitative estimate of drug-likeness (QED) is 0.450. The molecular weight excluding hydrogens is 329 g/mol. The molecule has 2 aliphatic rings. The van der Waals surface area contributed by atoms with E-state index in [2.05, 4.69) is 58.7 Å². The van der Waals surface area contributed by atoms with Gasteiger partial charge in [-0.1, -0.05) is 69.7 Å². The highest BCUT2D eigenvalue weighted by Gasteiger charge is 2.35. The zero-order chi connectivity index (χ0) is 18.5. The highest BCUT2D eigenvalue weighted by atomic mass is 15.2. The Balaban J connectivity index is 1.51. The average molecular weight is 363 g/mol. The van der Waals surface area contributed by atoms with Crippen LogP contribution >= 0.6 is 0 Å². The number of likely N-dealkylation sites (tertiary alicyclic amines) is 1. The lowest BCUT2D eigenvalue weighted by atomic mass is 9.62. The molecule has 4 heteroatoms. The first-order valence-corrected chi connectivity index (χ1v) is 11.2. The first-order chi connectivity index (χ1) is 13.4. The summed E-state index contributed by atoms with van der Waals surface area (Å²) in [5, 5.41) is 10.4. The third-order valence-corrected chi connectivity index (χ3v) is 6.37. The van der Waals surface area contributed by atoms with E-state index in [1.807, 2.05) is 0 Å². The molecule has 0 aromatic heterocycles. The van der Waals surface area contributed by atoms with Crippen molar-refractivity contribution in [3.8, 4) is 0 Å². The molecule has 0 unspecified atom stereocenters. The van der Waals surface area contributed by atoms with Crippen LogP contribution in [0, 0.1) is 0 Å². The van der Waals surface area contributed by atoms with E-state index in [0.29, 0.717) is 12.9 Å². The largest absolute Gasteiger partial charge is 0.408 e.